The number of phenolic OH excluding ortho intramolecular Hbond substituents is 1. The fraction of sp³-hybridized carbons (Fsp3) is 0.333. The molecular weight excluding hydrogens is 324 g/mol. The Morgan fingerprint density at radius 3 is 2.26 bits per heavy atom. The van der Waals surface area contributed by atoms with E-state index in [1.807, 2.05) is 12.2 Å². The van der Waals surface area contributed by atoms with Gasteiger partial charge in [-0.05, 0) is 18.3 Å². The van der Waals surface area contributed by atoms with E-state index in [0.717, 1.165) is 23.5 Å². The number of fused-ring (bicyclic) bond motifs is 5. The monoisotopic (exact) mass is 334 g/mol. The molecule has 1 aliphatic heterocycles. The van der Waals surface area contributed by atoms with Crippen LogP contribution in [0, 0.1) is 33.8 Å². The van der Waals surface area contributed by atoms with E-state index < -0.39 is 34.3 Å². The smallest absolute Gasteiger partial charge is 0.273 e. The fourth-order valence-corrected chi connectivity index (χ4v) is 4.19. The van der Waals surface area contributed by atoms with Crippen molar-refractivity contribution in [2.24, 2.45) is 23.7 Å². The van der Waals surface area contributed by atoms with E-state index in [0.29, 0.717) is 0 Å². The SMILES string of the molecule is O=C1C2C3C=CC(C3)C2C(=O)N1c1cc([N+](=O)[O-])cc(Cl)c1O. The third kappa shape index (κ3) is 1.77. The predicted octanol–water partition coefficient (Wildman–Crippen LogP) is 2.27. The number of halogens is 1. The first-order valence-electron chi connectivity index (χ1n) is 7.13. The summed E-state index contributed by atoms with van der Waals surface area (Å²) in [5, 5.41) is 20.8. The number of benzene rings is 1. The molecule has 1 aromatic carbocycles. The number of hydrogen-bond acceptors (Lipinski definition) is 5. The van der Waals surface area contributed by atoms with E-state index in [1.165, 1.54) is 0 Å². The molecule has 2 amide bonds. The highest BCUT2D eigenvalue weighted by Gasteiger charge is 2.60. The summed E-state index contributed by atoms with van der Waals surface area (Å²) in [4.78, 5) is 36.5. The Balaban J connectivity index is 1.82. The summed E-state index contributed by atoms with van der Waals surface area (Å²) in [7, 11) is 0. The Hall–Kier alpha value is -2.41. The maximum Gasteiger partial charge on any atom is 0.273 e. The second-order valence-electron chi connectivity index (χ2n) is 6.06. The van der Waals surface area contributed by atoms with Crippen molar-refractivity contribution in [3.05, 3.63) is 39.4 Å². The lowest BCUT2D eigenvalue weighted by Crippen LogP contribution is -2.33. The van der Waals surface area contributed by atoms with Crippen molar-refractivity contribution in [3.63, 3.8) is 0 Å². The van der Waals surface area contributed by atoms with Gasteiger partial charge in [0.15, 0.2) is 5.75 Å². The Labute approximate surface area is 135 Å². The van der Waals surface area contributed by atoms with Gasteiger partial charge in [0.05, 0.1) is 21.8 Å². The maximum absolute atomic E-state index is 12.7. The molecule has 4 rings (SSSR count). The number of phenols is 1. The lowest BCUT2D eigenvalue weighted by molar-refractivity contribution is -0.384. The van der Waals surface area contributed by atoms with Crippen molar-refractivity contribution in [3.8, 4) is 5.75 Å². The standard InChI is InChI=1S/C15H11ClN2O5/c16-9-4-8(18(22)23)5-10(13(9)19)17-14(20)11-6-1-2-7(3-6)12(11)15(17)21/h1-2,4-7,11-12,19H,3H2. The summed E-state index contributed by atoms with van der Waals surface area (Å²) in [6.07, 6.45) is 4.67. The molecule has 0 spiro atoms. The number of carbonyl (C=O) groups is 2. The molecule has 1 saturated carbocycles. The van der Waals surface area contributed by atoms with Crippen LogP contribution in [-0.2, 0) is 9.59 Å². The summed E-state index contributed by atoms with van der Waals surface area (Å²) in [6.45, 7) is 0. The second kappa shape index (κ2) is 4.55. The first-order chi connectivity index (χ1) is 10.9. The van der Waals surface area contributed by atoms with Crippen molar-refractivity contribution in [2.45, 2.75) is 6.42 Å². The van der Waals surface area contributed by atoms with Gasteiger partial charge in [0.2, 0.25) is 11.8 Å². The highest BCUT2D eigenvalue weighted by Crippen LogP contribution is 2.54. The first kappa shape index (κ1) is 14.2. The molecule has 4 atom stereocenters. The number of rotatable bonds is 2. The number of allylic oxidation sites excluding steroid dienone is 2. The van der Waals surface area contributed by atoms with Gasteiger partial charge in [0, 0.05) is 12.1 Å². The molecule has 1 aromatic rings. The molecule has 0 aromatic heterocycles. The number of anilines is 1. The van der Waals surface area contributed by atoms with Crippen LogP contribution in [-0.4, -0.2) is 21.8 Å². The molecule has 1 N–H and O–H groups in total. The number of imide groups is 1. The molecule has 23 heavy (non-hydrogen) atoms. The molecule has 4 unspecified atom stereocenters. The summed E-state index contributed by atoms with van der Waals surface area (Å²) in [6, 6.07) is 1.99. The van der Waals surface area contributed by atoms with Gasteiger partial charge in [0.25, 0.3) is 5.69 Å². The Bertz CT molecular complexity index is 775. The quantitative estimate of drug-likeness (QED) is 0.387. The highest BCUT2D eigenvalue weighted by atomic mass is 35.5. The summed E-state index contributed by atoms with van der Waals surface area (Å²) < 4.78 is 0. The lowest BCUT2D eigenvalue weighted by atomic mass is 9.85. The van der Waals surface area contributed by atoms with Crippen molar-refractivity contribution >= 4 is 34.8 Å². The Kier molecular flexibility index (Phi) is 2.81. The third-order valence-electron chi connectivity index (χ3n) is 4.95. The topological polar surface area (TPSA) is 101 Å². The van der Waals surface area contributed by atoms with E-state index in [4.69, 9.17) is 11.6 Å². The number of carbonyl (C=O) groups excluding carboxylic acids is 2. The van der Waals surface area contributed by atoms with E-state index in [1.54, 1.807) is 0 Å². The second-order valence-corrected chi connectivity index (χ2v) is 6.47. The predicted molar refractivity (Wildman–Crippen MR) is 80.0 cm³/mol. The van der Waals surface area contributed by atoms with Gasteiger partial charge in [-0.25, -0.2) is 4.90 Å². The molecule has 2 aliphatic carbocycles. The molecule has 1 saturated heterocycles. The van der Waals surface area contributed by atoms with E-state index in [-0.39, 0.29) is 28.2 Å². The van der Waals surface area contributed by atoms with Gasteiger partial charge in [-0.15, -0.1) is 0 Å². The van der Waals surface area contributed by atoms with Crippen molar-refractivity contribution in [1.82, 2.24) is 0 Å². The molecule has 118 valence electrons. The summed E-state index contributed by atoms with van der Waals surface area (Å²) in [5.41, 5.74) is -0.602. The van der Waals surface area contributed by atoms with Crippen LogP contribution in [0.5, 0.6) is 5.75 Å². The van der Waals surface area contributed by atoms with Gasteiger partial charge < -0.3 is 5.11 Å². The van der Waals surface area contributed by atoms with Gasteiger partial charge >= 0.3 is 0 Å². The minimum Gasteiger partial charge on any atom is -0.504 e. The van der Waals surface area contributed by atoms with E-state index in [2.05, 4.69) is 0 Å². The first-order valence-corrected chi connectivity index (χ1v) is 7.51. The molecule has 7 nitrogen and oxygen atoms in total. The van der Waals surface area contributed by atoms with Gasteiger partial charge in [-0.2, -0.15) is 0 Å². The maximum atomic E-state index is 12.7. The van der Waals surface area contributed by atoms with E-state index in [9.17, 15) is 24.8 Å². The van der Waals surface area contributed by atoms with Crippen LogP contribution in [0.1, 0.15) is 6.42 Å². The number of nitro benzene ring substituents is 1. The molecule has 0 radical (unpaired) electrons. The Morgan fingerprint density at radius 2 is 1.74 bits per heavy atom. The summed E-state index contributed by atoms with van der Waals surface area (Å²) >= 11 is 5.81. The molecular formula is C15H11ClN2O5. The number of amides is 2. The molecule has 2 bridgehead atoms. The molecule has 8 heteroatoms. The van der Waals surface area contributed by atoms with Gasteiger partial charge in [-0.1, -0.05) is 23.8 Å². The van der Waals surface area contributed by atoms with Crippen LogP contribution < -0.4 is 4.90 Å². The zero-order chi connectivity index (χ0) is 16.5. The normalized spacial score (nSPS) is 31.1. The summed E-state index contributed by atoms with van der Waals surface area (Å²) in [5.74, 6) is -2.22. The van der Waals surface area contributed by atoms with Gasteiger partial charge in [-0.3, -0.25) is 19.7 Å². The minimum atomic E-state index is -0.689. The largest absolute Gasteiger partial charge is 0.504 e. The van der Waals surface area contributed by atoms with Crippen LogP contribution in [0.2, 0.25) is 5.02 Å². The van der Waals surface area contributed by atoms with E-state index >= 15 is 0 Å². The van der Waals surface area contributed by atoms with Crippen LogP contribution in [0.4, 0.5) is 11.4 Å². The Morgan fingerprint density at radius 1 is 1.17 bits per heavy atom. The average Bonchev–Trinajstić information content (AvgIpc) is 3.17. The molecule has 2 fully saturated rings. The zero-order valence-electron chi connectivity index (χ0n) is 11.7. The van der Waals surface area contributed by atoms with Crippen LogP contribution >= 0.6 is 11.6 Å². The van der Waals surface area contributed by atoms with Crippen molar-refractivity contribution < 1.29 is 19.6 Å². The number of aromatic hydroxyl groups is 1. The fourth-order valence-electron chi connectivity index (χ4n) is 3.99. The van der Waals surface area contributed by atoms with Crippen LogP contribution in [0.15, 0.2) is 24.3 Å². The number of nitrogens with zero attached hydrogens (tertiary/aromatic N) is 2. The highest BCUT2D eigenvalue weighted by molar-refractivity contribution is 6.33. The van der Waals surface area contributed by atoms with Crippen molar-refractivity contribution in [1.29, 1.82) is 0 Å². The third-order valence-corrected chi connectivity index (χ3v) is 5.24. The minimum absolute atomic E-state index is 0.0164. The zero-order valence-corrected chi connectivity index (χ0v) is 12.4. The number of nitro groups is 1. The molecule has 1 heterocycles. The number of non-ortho nitro benzene ring substituents is 1. The van der Waals surface area contributed by atoms with Crippen LogP contribution in [0.25, 0.3) is 0 Å². The molecule has 3 aliphatic rings. The van der Waals surface area contributed by atoms with Crippen molar-refractivity contribution in [2.75, 3.05) is 4.90 Å². The van der Waals surface area contributed by atoms with Gasteiger partial charge in [0.1, 0.15) is 5.69 Å². The van der Waals surface area contributed by atoms with Crippen LogP contribution in [0.3, 0.4) is 0 Å². The lowest BCUT2D eigenvalue weighted by Gasteiger charge is -2.18. The number of hydrogen-bond donors (Lipinski definition) is 1. The average molecular weight is 335 g/mol.